The molecule has 0 unspecified atom stereocenters. The van der Waals surface area contributed by atoms with Crippen molar-refractivity contribution in [2.24, 2.45) is 0 Å². The van der Waals surface area contributed by atoms with E-state index >= 15 is 0 Å². The van der Waals surface area contributed by atoms with Crippen molar-refractivity contribution in [2.45, 2.75) is 26.2 Å². The van der Waals surface area contributed by atoms with Crippen LogP contribution in [0.25, 0.3) is 0 Å². The van der Waals surface area contributed by atoms with Crippen molar-refractivity contribution >= 4 is 5.82 Å². The Morgan fingerprint density at radius 1 is 1.20 bits per heavy atom. The lowest BCUT2D eigenvalue weighted by atomic mass is 10.1. The summed E-state index contributed by atoms with van der Waals surface area (Å²) in [5, 5.41) is 3.07. The smallest absolute Gasteiger partial charge is 0.221 e. The Kier molecular flexibility index (Phi) is 5.29. The first kappa shape index (κ1) is 14.2. The molecular weight excluding hydrogens is 252 g/mol. The molecule has 0 saturated carbocycles. The zero-order valence-corrected chi connectivity index (χ0v) is 12.0. The summed E-state index contributed by atoms with van der Waals surface area (Å²) in [7, 11) is 1.86. The van der Waals surface area contributed by atoms with Crippen LogP contribution in [0.5, 0.6) is 5.88 Å². The van der Waals surface area contributed by atoms with E-state index in [-0.39, 0.29) is 0 Å². The fourth-order valence-corrected chi connectivity index (χ4v) is 2.05. The number of anilines is 1. The van der Waals surface area contributed by atoms with E-state index in [4.69, 9.17) is 4.74 Å². The number of aromatic nitrogens is 3. The summed E-state index contributed by atoms with van der Waals surface area (Å²) in [5.74, 6) is 1.52. The highest BCUT2D eigenvalue weighted by Crippen LogP contribution is 2.22. The average Bonchev–Trinajstić information content (AvgIpc) is 2.52. The Bertz CT molecular complexity index is 531. The summed E-state index contributed by atoms with van der Waals surface area (Å²) < 4.78 is 5.79. The SMILES string of the molecule is CCc1c(NC)ncnc1OCCCc1ccncc1. The second-order valence-corrected chi connectivity index (χ2v) is 4.42. The molecule has 0 amide bonds. The van der Waals surface area contributed by atoms with Gasteiger partial charge in [0.15, 0.2) is 0 Å². The Morgan fingerprint density at radius 2 is 2.00 bits per heavy atom. The number of nitrogens with one attached hydrogen (secondary N) is 1. The van der Waals surface area contributed by atoms with Crippen molar-refractivity contribution in [2.75, 3.05) is 19.0 Å². The lowest BCUT2D eigenvalue weighted by molar-refractivity contribution is 0.296. The second kappa shape index (κ2) is 7.43. The van der Waals surface area contributed by atoms with Crippen LogP contribution in [0.3, 0.4) is 0 Å². The van der Waals surface area contributed by atoms with E-state index in [0.717, 1.165) is 30.6 Å². The van der Waals surface area contributed by atoms with Gasteiger partial charge in [-0.05, 0) is 37.0 Å². The summed E-state index contributed by atoms with van der Waals surface area (Å²) in [4.78, 5) is 12.4. The molecule has 0 aliphatic rings. The highest BCUT2D eigenvalue weighted by atomic mass is 16.5. The second-order valence-electron chi connectivity index (χ2n) is 4.42. The number of pyridine rings is 1. The van der Waals surface area contributed by atoms with Crippen LogP contribution in [0.15, 0.2) is 30.9 Å². The number of hydrogen-bond donors (Lipinski definition) is 1. The van der Waals surface area contributed by atoms with Crippen LogP contribution in [0, 0.1) is 0 Å². The van der Waals surface area contributed by atoms with Gasteiger partial charge in [-0.1, -0.05) is 6.92 Å². The molecule has 2 rings (SSSR count). The van der Waals surface area contributed by atoms with Gasteiger partial charge in [-0.25, -0.2) is 9.97 Å². The molecule has 0 aliphatic carbocycles. The Labute approximate surface area is 119 Å². The quantitative estimate of drug-likeness (QED) is 0.785. The number of aryl methyl sites for hydroxylation is 1. The lowest BCUT2D eigenvalue weighted by Crippen LogP contribution is -2.06. The average molecular weight is 272 g/mol. The van der Waals surface area contributed by atoms with Crippen LogP contribution < -0.4 is 10.1 Å². The minimum atomic E-state index is 0.648. The standard InChI is InChI=1S/C15H20N4O/c1-3-13-14(16-2)18-11-19-15(13)20-10-4-5-12-6-8-17-9-7-12/h6-9,11H,3-5,10H2,1-2H3,(H,16,18,19). The van der Waals surface area contributed by atoms with Gasteiger partial charge < -0.3 is 10.1 Å². The van der Waals surface area contributed by atoms with Crippen molar-refractivity contribution in [1.29, 1.82) is 0 Å². The molecule has 0 radical (unpaired) electrons. The van der Waals surface area contributed by atoms with Crippen LogP contribution in [0.1, 0.15) is 24.5 Å². The van der Waals surface area contributed by atoms with E-state index in [1.54, 1.807) is 0 Å². The monoisotopic (exact) mass is 272 g/mol. The fourth-order valence-electron chi connectivity index (χ4n) is 2.05. The highest BCUT2D eigenvalue weighted by Gasteiger charge is 2.09. The normalized spacial score (nSPS) is 10.3. The molecule has 2 heterocycles. The minimum absolute atomic E-state index is 0.648. The number of rotatable bonds is 7. The third-order valence-electron chi connectivity index (χ3n) is 3.09. The van der Waals surface area contributed by atoms with Gasteiger partial charge in [0.25, 0.3) is 0 Å². The van der Waals surface area contributed by atoms with Crippen molar-refractivity contribution < 1.29 is 4.74 Å². The molecule has 2 aromatic rings. The summed E-state index contributed by atoms with van der Waals surface area (Å²) in [6, 6.07) is 4.06. The summed E-state index contributed by atoms with van der Waals surface area (Å²) in [6.45, 7) is 2.72. The predicted octanol–water partition coefficient (Wildman–Crippen LogP) is 2.49. The van der Waals surface area contributed by atoms with E-state index in [1.807, 2.05) is 31.6 Å². The zero-order valence-electron chi connectivity index (χ0n) is 12.0. The number of nitrogens with zero attached hydrogens (tertiary/aromatic N) is 3. The van der Waals surface area contributed by atoms with Gasteiger partial charge in [0.05, 0.1) is 12.2 Å². The minimum Gasteiger partial charge on any atom is -0.477 e. The molecule has 5 nitrogen and oxygen atoms in total. The maximum Gasteiger partial charge on any atom is 0.221 e. The molecule has 106 valence electrons. The van der Waals surface area contributed by atoms with Crippen LogP contribution >= 0.6 is 0 Å². The molecule has 0 saturated heterocycles. The van der Waals surface area contributed by atoms with Crippen LogP contribution in [0.4, 0.5) is 5.82 Å². The summed E-state index contributed by atoms with van der Waals surface area (Å²) in [5.41, 5.74) is 2.30. The van der Waals surface area contributed by atoms with Gasteiger partial charge in [-0.3, -0.25) is 4.98 Å². The van der Waals surface area contributed by atoms with Gasteiger partial charge in [-0.15, -0.1) is 0 Å². The predicted molar refractivity (Wildman–Crippen MR) is 79.0 cm³/mol. The molecule has 0 fully saturated rings. The van der Waals surface area contributed by atoms with Crippen LogP contribution in [0.2, 0.25) is 0 Å². The van der Waals surface area contributed by atoms with E-state index in [1.165, 1.54) is 11.9 Å². The van der Waals surface area contributed by atoms with Crippen molar-refractivity contribution in [1.82, 2.24) is 15.0 Å². The van der Waals surface area contributed by atoms with Gasteiger partial charge in [0, 0.05) is 19.4 Å². The van der Waals surface area contributed by atoms with E-state index in [2.05, 4.69) is 27.2 Å². The molecule has 0 atom stereocenters. The van der Waals surface area contributed by atoms with Crippen molar-refractivity contribution in [3.05, 3.63) is 42.0 Å². The molecular formula is C15H20N4O. The third kappa shape index (κ3) is 3.66. The maximum atomic E-state index is 5.79. The largest absolute Gasteiger partial charge is 0.477 e. The Hall–Kier alpha value is -2.17. The first-order valence-corrected chi connectivity index (χ1v) is 6.88. The van der Waals surface area contributed by atoms with Crippen molar-refractivity contribution in [3.63, 3.8) is 0 Å². The fraction of sp³-hybridized carbons (Fsp3) is 0.400. The van der Waals surface area contributed by atoms with E-state index in [0.29, 0.717) is 12.5 Å². The molecule has 0 spiro atoms. The molecule has 20 heavy (non-hydrogen) atoms. The van der Waals surface area contributed by atoms with E-state index < -0.39 is 0 Å². The molecule has 0 bridgehead atoms. The van der Waals surface area contributed by atoms with Gasteiger partial charge >= 0.3 is 0 Å². The number of hydrogen-bond acceptors (Lipinski definition) is 5. The topological polar surface area (TPSA) is 59.9 Å². The molecule has 1 N–H and O–H groups in total. The molecule has 2 aromatic heterocycles. The Morgan fingerprint density at radius 3 is 2.70 bits per heavy atom. The maximum absolute atomic E-state index is 5.79. The Balaban J connectivity index is 1.88. The summed E-state index contributed by atoms with van der Waals surface area (Å²) >= 11 is 0. The zero-order chi connectivity index (χ0) is 14.2. The van der Waals surface area contributed by atoms with Crippen LogP contribution in [-0.4, -0.2) is 28.6 Å². The number of ether oxygens (including phenoxy) is 1. The molecule has 5 heteroatoms. The molecule has 0 aromatic carbocycles. The van der Waals surface area contributed by atoms with Gasteiger partial charge in [0.2, 0.25) is 5.88 Å². The third-order valence-corrected chi connectivity index (χ3v) is 3.09. The van der Waals surface area contributed by atoms with Gasteiger partial charge in [0.1, 0.15) is 12.1 Å². The van der Waals surface area contributed by atoms with Crippen molar-refractivity contribution in [3.8, 4) is 5.88 Å². The first-order valence-electron chi connectivity index (χ1n) is 6.88. The summed E-state index contributed by atoms with van der Waals surface area (Å²) in [6.07, 6.45) is 7.93. The van der Waals surface area contributed by atoms with E-state index in [9.17, 15) is 0 Å². The molecule has 0 aliphatic heterocycles. The highest BCUT2D eigenvalue weighted by molar-refractivity contribution is 5.48. The lowest BCUT2D eigenvalue weighted by Gasteiger charge is -2.12. The van der Waals surface area contributed by atoms with Gasteiger partial charge in [-0.2, -0.15) is 0 Å². The van der Waals surface area contributed by atoms with Crippen LogP contribution in [-0.2, 0) is 12.8 Å². The first-order chi connectivity index (χ1) is 9.85.